The third kappa shape index (κ3) is 3.53. The van der Waals surface area contributed by atoms with Crippen LogP contribution in [0.5, 0.6) is 0 Å². The molecule has 1 N–H and O–H groups in total. The second-order valence-corrected chi connectivity index (χ2v) is 6.83. The van der Waals surface area contributed by atoms with Gasteiger partial charge in [-0.2, -0.15) is 4.57 Å². The van der Waals surface area contributed by atoms with Crippen LogP contribution in [0.4, 0.5) is 5.69 Å². The SMILES string of the molecule is COC(=O)c1cc(C2CC2)ccc1NC(=O)C1C=CC(n2ccnc2)=[N+](C)[N-]1. The van der Waals surface area contributed by atoms with Gasteiger partial charge in [0.05, 0.1) is 31.6 Å². The van der Waals surface area contributed by atoms with E-state index in [9.17, 15) is 9.59 Å². The van der Waals surface area contributed by atoms with E-state index in [1.807, 2.05) is 18.2 Å². The summed E-state index contributed by atoms with van der Waals surface area (Å²) in [6, 6.07) is 4.82. The van der Waals surface area contributed by atoms with Crippen LogP contribution in [0.15, 0.2) is 49.1 Å². The van der Waals surface area contributed by atoms with E-state index in [0.29, 0.717) is 17.2 Å². The number of carbonyl (C=O) groups is 2. The summed E-state index contributed by atoms with van der Waals surface area (Å²) in [6.07, 6.45) is 10.9. The summed E-state index contributed by atoms with van der Waals surface area (Å²) >= 11 is 0. The molecule has 2 heterocycles. The van der Waals surface area contributed by atoms with Gasteiger partial charge < -0.3 is 20.2 Å². The largest absolute Gasteiger partial charge is 0.512 e. The normalized spacial score (nSPS) is 18.6. The number of rotatable bonds is 4. The van der Waals surface area contributed by atoms with E-state index < -0.39 is 12.0 Å². The maximum Gasteiger partial charge on any atom is 0.339 e. The molecule has 8 nitrogen and oxygen atoms in total. The number of carbonyl (C=O) groups excluding carboxylic acids is 2. The summed E-state index contributed by atoms with van der Waals surface area (Å²) in [4.78, 5) is 28.9. The number of methoxy groups -OCH3 is 1. The Morgan fingerprint density at radius 1 is 1.36 bits per heavy atom. The summed E-state index contributed by atoms with van der Waals surface area (Å²) in [5, 5.41) is 2.81. The molecule has 2 aliphatic rings. The molecule has 1 aliphatic carbocycles. The Morgan fingerprint density at radius 2 is 2.18 bits per heavy atom. The van der Waals surface area contributed by atoms with Gasteiger partial charge in [-0.25, -0.2) is 9.78 Å². The summed E-state index contributed by atoms with van der Waals surface area (Å²) in [5.41, 5.74) is 6.28. The lowest BCUT2D eigenvalue weighted by Crippen LogP contribution is -2.34. The standard InChI is InChI=1S/C20H21N5O3/c1-24-18(25-10-9-21-12-25)8-7-17(23-24)19(26)22-16-6-5-14(13-3-4-13)11-15(16)20(27)28-2/h5-13,17H,3-4H2,1-2H3,(H,22,26). The topological polar surface area (TPSA) is 90.3 Å². The van der Waals surface area contributed by atoms with Crippen molar-refractivity contribution in [3.05, 3.63) is 65.6 Å². The predicted octanol–water partition coefficient (Wildman–Crippen LogP) is 2.30. The molecule has 1 amide bonds. The number of allylic oxidation sites excluding steroid dienone is 1. The van der Waals surface area contributed by atoms with Crippen molar-refractivity contribution in [1.82, 2.24) is 9.55 Å². The summed E-state index contributed by atoms with van der Waals surface area (Å²) in [5.74, 6) is 0.486. The molecular formula is C20H21N5O3. The number of nitrogens with zero attached hydrogens (tertiary/aromatic N) is 4. The van der Waals surface area contributed by atoms with E-state index in [4.69, 9.17) is 4.74 Å². The molecule has 4 rings (SSSR count). The molecule has 144 valence electrons. The average Bonchev–Trinajstić information content (AvgIpc) is 3.42. The molecule has 1 aromatic heterocycles. The van der Waals surface area contributed by atoms with E-state index in [2.05, 4.69) is 15.7 Å². The fourth-order valence-electron chi connectivity index (χ4n) is 3.18. The van der Waals surface area contributed by atoms with Gasteiger partial charge in [0.15, 0.2) is 6.33 Å². The van der Waals surface area contributed by atoms with Gasteiger partial charge in [-0.1, -0.05) is 12.1 Å². The van der Waals surface area contributed by atoms with Crippen molar-refractivity contribution >= 4 is 23.4 Å². The molecule has 1 aromatic carbocycles. The number of hydrogen-bond acceptors (Lipinski definition) is 4. The monoisotopic (exact) mass is 379 g/mol. The van der Waals surface area contributed by atoms with Gasteiger partial charge in [-0.3, -0.25) is 4.79 Å². The van der Waals surface area contributed by atoms with Crippen LogP contribution in [-0.4, -0.2) is 52.1 Å². The predicted molar refractivity (Wildman–Crippen MR) is 103 cm³/mol. The highest BCUT2D eigenvalue weighted by Crippen LogP contribution is 2.41. The zero-order chi connectivity index (χ0) is 19.7. The molecule has 1 aliphatic heterocycles. The number of anilines is 1. The van der Waals surface area contributed by atoms with Crippen molar-refractivity contribution in [2.75, 3.05) is 19.5 Å². The third-order valence-corrected chi connectivity index (χ3v) is 4.85. The highest BCUT2D eigenvalue weighted by Gasteiger charge is 2.26. The van der Waals surface area contributed by atoms with Gasteiger partial charge in [0.25, 0.3) is 5.84 Å². The van der Waals surface area contributed by atoms with Crippen LogP contribution in [0.1, 0.15) is 34.7 Å². The molecule has 1 atom stereocenters. The molecule has 1 unspecified atom stereocenters. The maximum atomic E-state index is 12.7. The number of nitrogens with one attached hydrogen (secondary N) is 1. The van der Waals surface area contributed by atoms with Gasteiger partial charge >= 0.3 is 5.97 Å². The number of esters is 1. The second kappa shape index (κ2) is 7.30. The summed E-state index contributed by atoms with van der Waals surface area (Å²) < 4.78 is 8.32. The Morgan fingerprint density at radius 3 is 2.82 bits per heavy atom. The average molecular weight is 379 g/mol. The first kappa shape index (κ1) is 18.0. The lowest BCUT2D eigenvalue weighted by Gasteiger charge is -2.31. The minimum atomic E-state index is -0.703. The van der Waals surface area contributed by atoms with E-state index >= 15 is 0 Å². The first-order chi connectivity index (χ1) is 13.6. The van der Waals surface area contributed by atoms with E-state index in [-0.39, 0.29) is 5.91 Å². The highest BCUT2D eigenvalue weighted by molar-refractivity contribution is 6.05. The summed E-state index contributed by atoms with van der Waals surface area (Å²) in [6.45, 7) is 0. The number of benzene rings is 1. The maximum absolute atomic E-state index is 12.7. The molecule has 8 heteroatoms. The highest BCUT2D eigenvalue weighted by atomic mass is 16.5. The van der Waals surface area contributed by atoms with Gasteiger partial charge in [0.1, 0.15) is 6.20 Å². The Bertz CT molecular complexity index is 974. The molecule has 2 aromatic rings. The van der Waals surface area contributed by atoms with Crippen LogP contribution in [0, 0.1) is 0 Å². The Hall–Kier alpha value is -3.42. The van der Waals surface area contributed by atoms with Crippen LogP contribution in [-0.2, 0) is 9.53 Å². The van der Waals surface area contributed by atoms with Crippen LogP contribution >= 0.6 is 0 Å². The van der Waals surface area contributed by atoms with E-state index in [1.165, 1.54) is 7.11 Å². The Balaban J connectivity index is 1.51. The number of hydrogen-bond donors (Lipinski definition) is 1. The van der Waals surface area contributed by atoms with Gasteiger partial charge in [0.2, 0.25) is 5.91 Å². The molecule has 28 heavy (non-hydrogen) atoms. The van der Waals surface area contributed by atoms with E-state index in [1.54, 1.807) is 47.2 Å². The van der Waals surface area contributed by atoms with Crippen molar-refractivity contribution in [3.8, 4) is 0 Å². The van der Waals surface area contributed by atoms with Crippen LogP contribution in [0.3, 0.4) is 0 Å². The minimum Gasteiger partial charge on any atom is -0.512 e. The molecule has 0 spiro atoms. The van der Waals surface area contributed by atoms with Gasteiger partial charge in [0, 0.05) is 12.1 Å². The van der Waals surface area contributed by atoms with Gasteiger partial charge in [-0.05, 0) is 36.5 Å². The quantitative estimate of drug-likeness (QED) is 0.652. The number of ether oxygens (including phenoxy) is 1. The number of amides is 1. The van der Waals surface area contributed by atoms with Crippen molar-refractivity contribution < 1.29 is 19.0 Å². The Kier molecular flexibility index (Phi) is 4.68. The van der Waals surface area contributed by atoms with E-state index in [0.717, 1.165) is 24.2 Å². The first-order valence-corrected chi connectivity index (χ1v) is 9.08. The zero-order valence-electron chi connectivity index (χ0n) is 15.7. The molecule has 0 radical (unpaired) electrons. The van der Waals surface area contributed by atoms with Crippen LogP contribution < -0.4 is 5.32 Å². The van der Waals surface area contributed by atoms with Gasteiger partial charge in [-0.15, -0.1) is 0 Å². The number of aromatic nitrogens is 2. The molecule has 1 fully saturated rings. The smallest absolute Gasteiger partial charge is 0.339 e. The van der Waals surface area contributed by atoms with Crippen molar-refractivity contribution in [1.29, 1.82) is 0 Å². The van der Waals surface area contributed by atoms with Crippen molar-refractivity contribution in [2.24, 2.45) is 0 Å². The summed E-state index contributed by atoms with van der Waals surface area (Å²) in [7, 11) is 3.10. The minimum absolute atomic E-state index is 0.322. The molecule has 0 bridgehead atoms. The lowest BCUT2D eigenvalue weighted by molar-refractivity contribution is -0.449. The molecule has 0 saturated heterocycles. The Labute approximate surface area is 162 Å². The first-order valence-electron chi connectivity index (χ1n) is 9.08. The second-order valence-electron chi connectivity index (χ2n) is 6.83. The fourth-order valence-corrected chi connectivity index (χ4v) is 3.18. The van der Waals surface area contributed by atoms with Crippen molar-refractivity contribution in [3.63, 3.8) is 0 Å². The van der Waals surface area contributed by atoms with Crippen molar-refractivity contribution in [2.45, 2.75) is 24.8 Å². The zero-order valence-corrected chi connectivity index (χ0v) is 15.7. The molecular weight excluding hydrogens is 358 g/mol. The third-order valence-electron chi connectivity index (χ3n) is 4.85. The molecule has 1 saturated carbocycles. The fraction of sp³-hybridized carbons (Fsp3) is 0.300. The number of imidazole rings is 1. The lowest BCUT2D eigenvalue weighted by atomic mass is 10.0. The van der Waals surface area contributed by atoms with Crippen LogP contribution in [0.2, 0.25) is 0 Å². The van der Waals surface area contributed by atoms with Crippen LogP contribution in [0.25, 0.3) is 5.43 Å².